The van der Waals surface area contributed by atoms with Crippen molar-refractivity contribution in [3.05, 3.63) is 47.8 Å². The minimum absolute atomic E-state index is 0.127. The van der Waals surface area contributed by atoms with Crippen LogP contribution in [-0.4, -0.2) is 20.5 Å². The molecule has 0 radical (unpaired) electrons. The third-order valence-electron chi connectivity index (χ3n) is 3.47. The highest BCUT2D eigenvalue weighted by molar-refractivity contribution is 7.92. The summed E-state index contributed by atoms with van der Waals surface area (Å²) in [5.41, 5.74) is 1.97. The number of anilines is 1. The second-order valence-corrected chi connectivity index (χ2v) is 8.06. The number of nitrogens with one attached hydrogen (secondary N) is 1. The molecule has 2 aromatic rings. The topological polar surface area (TPSA) is 68.3 Å². The van der Waals surface area contributed by atoms with Crippen molar-refractivity contribution in [1.82, 2.24) is 4.98 Å². The molecule has 0 amide bonds. The third-order valence-corrected chi connectivity index (χ3v) is 4.87. The van der Waals surface area contributed by atoms with Gasteiger partial charge in [0, 0.05) is 11.9 Å². The zero-order valence-corrected chi connectivity index (χ0v) is 14.9. The van der Waals surface area contributed by atoms with E-state index in [-0.39, 0.29) is 10.3 Å². The molecule has 1 aromatic heterocycles. The van der Waals surface area contributed by atoms with Crippen LogP contribution in [0.5, 0.6) is 5.75 Å². The maximum absolute atomic E-state index is 12.8. The average molecular weight is 334 g/mol. The normalized spacial score (nSPS) is 12.0. The number of pyridine rings is 1. The second-order valence-electron chi connectivity index (χ2n) is 6.41. The molecule has 2 rings (SSSR count). The van der Waals surface area contributed by atoms with Gasteiger partial charge in [0.25, 0.3) is 10.0 Å². The van der Waals surface area contributed by atoms with E-state index in [9.17, 15) is 8.42 Å². The van der Waals surface area contributed by atoms with Crippen molar-refractivity contribution in [2.24, 2.45) is 0 Å². The zero-order valence-electron chi connectivity index (χ0n) is 14.0. The summed E-state index contributed by atoms with van der Waals surface area (Å²) in [4.78, 5) is 4.19. The lowest BCUT2D eigenvalue weighted by Gasteiger charge is -2.21. The lowest BCUT2D eigenvalue weighted by Crippen LogP contribution is -2.17. The Kier molecular flexibility index (Phi) is 4.66. The summed E-state index contributed by atoms with van der Waals surface area (Å²) in [5.74, 6) is 0.316. The molecular weight excluding hydrogens is 312 g/mol. The van der Waals surface area contributed by atoms with Gasteiger partial charge in [-0.1, -0.05) is 26.8 Å². The molecule has 0 fully saturated rings. The van der Waals surface area contributed by atoms with E-state index in [1.165, 1.54) is 7.11 Å². The highest BCUT2D eigenvalue weighted by atomic mass is 32.2. The third kappa shape index (κ3) is 4.01. The van der Waals surface area contributed by atoms with Gasteiger partial charge in [0.2, 0.25) is 0 Å². The SMILES string of the molecule is COc1ccc(C(C)(C)C)cc1S(=O)(=O)Nc1ccnc(C)c1. The molecule has 5 nitrogen and oxygen atoms in total. The molecule has 0 aliphatic heterocycles. The summed E-state index contributed by atoms with van der Waals surface area (Å²) < 4.78 is 33.3. The van der Waals surface area contributed by atoms with E-state index >= 15 is 0 Å². The molecule has 6 heteroatoms. The lowest BCUT2D eigenvalue weighted by molar-refractivity contribution is 0.402. The fourth-order valence-electron chi connectivity index (χ4n) is 2.17. The van der Waals surface area contributed by atoms with E-state index in [4.69, 9.17) is 4.74 Å². The van der Waals surface area contributed by atoms with Gasteiger partial charge in [-0.05, 0) is 42.2 Å². The first kappa shape index (κ1) is 17.3. The molecule has 124 valence electrons. The summed E-state index contributed by atoms with van der Waals surface area (Å²) in [7, 11) is -2.30. The molecule has 1 aromatic carbocycles. The van der Waals surface area contributed by atoms with Crippen LogP contribution in [0, 0.1) is 6.92 Å². The quantitative estimate of drug-likeness (QED) is 0.929. The van der Waals surface area contributed by atoms with Crippen LogP contribution in [0.15, 0.2) is 41.4 Å². The van der Waals surface area contributed by atoms with Crippen molar-refractivity contribution in [2.75, 3.05) is 11.8 Å². The molecule has 0 spiro atoms. The standard InChI is InChI=1S/C17H22N2O3S/c1-12-10-14(8-9-18-12)19-23(20,21)16-11-13(17(2,3)4)6-7-15(16)22-5/h6-11H,1-5H3,(H,18,19). The summed E-state index contributed by atoms with van der Waals surface area (Å²) in [5, 5.41) is 0. The maximum atomic E-state index is 12.8. The molecule has 1 N–H and O–H groups in total. The largest absolute Gasteiger partial charge is 0.495 e. The number of methoxy groups -OCH3 is 1. The van der Waals surface area contributed by atoms with Crippen LogP contribution >= 0.6 is 0 Å². The number of aryl methyl sites for hydroxylation is 1. The number of rotatable bonds is 4. The molecule has 0 saturated carbocycles. The molecule has 0 saturated heterocycles. The first-order valence-corrected chi connectivity index (χ1v) is 8.76. The predicted molar refractivity (Wildman–Crippen MR) is 91.5 cm³/mol. The van der Waals surface area contributed by atoms with Gasteiger partial charge in [0.1, 0.15) is 10.6 Å². The van der Waals surface area contributed by atoms with E-state index in [1.807, 2.05) is 26.8 Å². The van der Waals surface area contributed by atoms with Gasteiger partial charge in [-0.3, -0.25) is 9.71 Å². The summed E-state index contributed by atoms with van der Waals surface area (Å²) in [6.07, 6.45) is 1.57. The van der Waals surface area contributed by atoms with Crippen molar-refractivity contribution in [2.45, 2.75) is 38.0 Å². The fraction of sp³-hybridized carbons (Fsp3) is 0.353. The molecule has 0 unspecified atom stereocenters. The Morgan fingerprint density at radius 1 is 1.13 bits per heavy atom. The van der Waals surface area contributed by atoms with Crippen LogP contribution in [0.25, 0.3) is 0 Å². The van der Waals surface area contributed by atoms with E-state index in [1.54, 1.807) is 37.4 Å². The van der Waals surface area contributed by atoms with E-state index in [0.29, 0.717) is 11.4 Å². The van der Waals surface area contributed by atoms with E-state index in [2.05, 4.69) is 9.71 Å². The van der Waals surface area contributed by atoms with Crippen molar-refractivity contribution < 1.29 is 13.2 Å². The number of ether oxygens (including phenoxy) is 1. The van der Waals surface area contributed by atoms with Gasteiger partial charge < -0.3 is 4.74 Å². The first-order valence-electron chi connectivity index (χ1n) is 7.27. The van der Waals surface area contributed by atoms with Gasteiger partial charge in [-0.15, -0.1) is 0 Å². The molecule has 0 aliphatic carbocycles. The molecule has 0 atom stereocenters. The van der Waals surface area contributed by atoms with Crippen LogP contribution in [0.1, 0.15) is 32.0 Å². The van der Waals surface area contributed by atoms with Crippen molar-refractivity contribution in [3.63, 3.8) is 0 Å². The second kappa shape index (κ2) is 6.20. The molecule has 0 aliphatic rings. The van der Waals surface area contributed by atoms with E-state index in [0.717, 1.165) is 11.3 Å². The summed E-state index contributed by atoms with van der Waals surface area (Å²) in [6, 6.07) is 8.53. The van der Waals surface area contributed by atoms with Crippen LogP contribution in [0.4, 0.5) is 5.69 Å². The number of nitrogens with zero attached hydrogens (tertiary/aromatic N) is 1. The Labute approximate surface area is 137 Å². The predicted octanol–water partition coefficient (Wildman–Crippen LogP) is 3.50. The van der Waals surface area contributed by atoms with Crippen LogP contribution < -0.4 is 9.46 Å². The summed E-state index contributed by atoms with van der Waals surface area (Å²) in [6.45, 7) is 7.90. The highest BCUT2D eigenvalue weighted by Gasteiger charge is 2.23. The number of benzene rings is 1. The Bertz CT molecular complexity index is 809. The van der Waals surface area contributed by atoms with Gasteiger partial charge in [-0.25, -0.2) is 8.42 Å². The van der Waals surface area contributed by atoms with E-state index < -0.39 is 10.0 Å². The number of sulfonamides is 1. The number of aromatic nitrogens is 1. The highest BCUT2D eigenvalue weighted by Crippen LogP contribution is 2.31. The minimum atomic E-state index is -3.76. The van der Waals surface area contributed by atoms with Crippen molar-refractivity contribution in [1.29, 1.82) is 0 Å². The molecule has 1 heterocycles. The molecule has 0 bridgehead atoms. The zero-order chi connectivity index (χ0) is 17.3. The number of hydrogen-bond donors (Lipinski definition) is 1. The van der Waals surface area contributed by atoms with Gasteiger partial charge >= 0.3 is 0 Å². The smallest absolute Gasteiger partial charge is 0.265 e. The van der Waals surface area contributed by atoms with Crippen LogP contribution in [-0.2, 0) is 15.4 Å². The summed E-state index contributed by atoms with van der Waals surface area (Å²) >= 11 is 0. The minimum Gasteiger partial charge on any atom is -0.495 e. The maximum Gasteiger partial charge on any atom is 0.265 e. The number of hydrogen-bond acceptors (Lipinski definition) is 4. The monoisotopic (exact) mass is 334 g/mol. The van der Waals surface area contributed by atoms with Crippen molar-refractivity contribution in [3.8, 4) is 5.75 Å². The molecule has 23 heavy (non-hydrogen) atoms. The van der Waals surface area contributed by atoms with Gasteiger partial charge in [0.05, 0.1) is 12.8 Å². The Hall–Kier alpha value is -2.08. The Morgan fingerprint density at radius 2 is 1.83 bits per heavy atom. The van der Waals surface area contributed by atoms with Crippen molar-refractivity contribution >= 4 is 15.7 Å². The van der Waals surface area contributed by atoms with Crippen LogP contribution in [0.3, 0.4) is 0 Å². The average Bonchev–Trinajstić information content (AvgIpc) is 2.45. The Balaban J connectivity index is 2.49. The molecular formula is C17H22N2O3S. The van der Waals surface area contributed by atoms with Crippen LogP contribution in [0.2, 0.25) is 0 Å². The Morgan fingerprint density at radius 3 is 2.39 bits per heavy atom. The fourth-order valence-corrected chi connectivity index (χ4v) is 3.42. The van der Waals surface area contributed by atoms with Gasteiger partial charge in [-0.2, -0.15) is 0 Å². The van der Waals surface area contributed by atoms with Gasteiger partial charge in [0.15, 0.2) is 0 Å². The lowest BCUT2D eigenvalue weighted by atomic mass is 9.87. The first-order chi connectivity index (χ1) is 10.6.